The van der Waals surface area contributed by atoms with Gasteiger partial charge >= 0.3 is 5.97 Å². The van der Waals surface area contributed by atoms with Gasteiger partial charge in [-0.25, -0.2) is 0 Å². The molecule has 0 aromatic rings. The molecule has 0 N–H and O–H groups in total. The van der Waals surface area contributed by atoms with E-state index in [-0.39, 0.29) is 5.97 Å². The zero-order valence-corrected chi connectivity index (χ0v) is 11.5. The fourth-order valence-corrected chi connectivity index (χ4v) is 1.89. The minimum Gasteiger partial charge on any atom is -0.465 e. The Morgan fingerprint density at radius 3 is 2.40 bits per heavy atom. The third-order valence-electron chi connectivity index (χ3n) is 2.34. The van der Waals surface area contributed by atoms with Gasteiger partial charge in [-0.3, -0.25) is 4.79 Å². The van der Waals surface area contributed by atoms with Crippen LogP contribution >= 0.6 is 15.9 Å². The summed E-state index contributed by atoms with van der Waals surface area (Å²) in [6.45, 7) is 4.18. The average molecular weight is 279 g/mol. The molecule has 0 saturated heterocycles. The van der Waals surface area contributed by atoms with Crippen LogP contribution in [-0.2, 0) is 9.53 Å². The lowest BCUT2D eigenvalue weighted by molar-refractivity contribution is -0.140. The standard InChI is InChI=1S/C12H23BrO2/c1-3-4-5-6-7-8-9-12(13)10-15-11(2)14/h12H,3-10H2,1-2H3. The minimum absolute atomic E-state index is 0.192. The van der Waals surface area contributed by atoms with Gasteiger partial charge in [0.15, 0.2) is 0 Å². The molecule has 0 heterocycles. The summed E-state index contributed by atoms with van der Waals surface area (Å²) in [5.41, 5.74) is 0. The third-order valence-corrected chi connectivity index (χ3v) is 3.06. The smallest absolute Gasteiger partial charge is 0.302 e. The van der Waals surface area contributed by atoms with Gasteiger partial charge in [-0.15, -0.1) is 0 Å². The van der Waals surface area contributed by atoms with Crippen LogP contribution in [0, 0.1) is 0 Å². The quantitative estimate of drug-likeness (QED) is 0.361. The molecule has 0 aromatic heterocycles. The summed E-state index contributed by atoms with van der Waals surface area (Å²) in [5.74, 6) is -0.192. The maximum Gasteiger partial charge on any atom is 0.302 e. The zero-order chi connectivity index (χ0) is 11.5. The van der Waals surface area contributed by atoms with E-state index in [1.165, 1.54) is 45.4 Å². The maximum atomic E-state index is 10.6. The molecule has 0 bridgehead atoms. The first-order chi connectivity index (χ1) is 7.16. The Bertz CT molecular complexity index is 160. The van der Waals surface area contributed by atoms with E-state index in [2.05, 4.69) is 22.9 Å². The van der Waals surface area contributed by atoms with Gasteiger partial charge in [-0.2, -0.15) is 0 Å². The molecular formula is C12H23BrO2. The van der Waals surface area contributed by atoms with Gasteiger partial charge in [0.1, 0.15) is 6.61 Å². The molecule has 0 spiro atoms. The number of carbonyl (C=O) groups is 1. The molecule has 0 saturated carbocycles. The molecule has 90 valence electrons. The van der Waals surface area contributed by atoms with Gasteiger partial charge in [0.2, 0.25) is 0 Å². The summed E-state index contributed by atoms with van der Waals surface area (Å²) in [5, 5.41) is 0. The molecular weight excluding hydrogens is 256 g/mol. The lowest BCUT2D eigenvalue weighted by Crippen LogP contribution is -2.11. The molecule has 3 heteroatoms. The third kappa shape index (κ3) is 11.9. The van der Waals surface area contributed by atoms with Crippen LogP contribution in [0.5, 0.6) is 0 Å². The molecule has 0 aliphatic carbocycles. The van der Waals surface area contributed by atoms with Crippen LogP contribution in [0.2, 0.25) is 0 Å². The second kappa shape index (κ2) is 10.5. The molecule has 0 amide bonds. The summed E-state index contributed by atoms with van der Waals surface area (Å²) in [6, 6.07) is 0. The van der Waals surface area contributed by atoms with E-state index in [1.54, 1.807) is 0 Å². The molecule has 0 radical (unpaired) electrons. The topological polar surface area (TPSA) is 26.3 Å². The van der Waals surface area contributed by atoms with Crippen LogP contribution in [0.15, 0.2) is 0 Å². The highest BCUT2D eigenvalue weighted by Crippen LogP contribution is 2.13. The molecule has 2 nitrogen and oxygen atoms in total. The molecule has 0 aliphatic heterocycles. The van der Waals surface area contributed by atoms with E-state index < -0.39 is 0 Å². The predicted octanol–water partition coefficient (Wildman–Crippen LogP) is 4.06. The number of alkyl halides is 1. The van der Waals surface area contributed by atoms with Crippen LogP contribution in [0.25, 0.3) is 0 Å². The van der Waals surface area contributed by atoms with Crippen molar-refractivity contribution >= 4 is 21.9 Å². The zero-order valence-electron chi connectivity index (χ0n) is 9.93. The molecule has 0 aromatic carbocycles. The average Bonchev–Trinajstić information content (AvgIpc) is 2.20. The predicted molar refractivity (Wildman–Crippen MR) is 67.3 cm³/mol. The Morgan fingerprint density at radius 2 is 1.80 bits per heavy atom. The molecule has 0 fully saturated rings. The molecule has 1 unspecified atom stereocenters. The van der Waals surface area contributed by atoms with Crippen molar-refractivity contribution < 1.29 is 9.53 Å². The SMILES string of the molecule is CCCCCCCCC(Br)COC(C)=O. The van der Waals surface area contributed by atoms with E-state index in [9.17, 15) is 4.79 Å². The molecule has 1 atom stereocenters. The van der Waals surface area contributed by atoms with Gasteiger partial charge in [-0.05, 0) is 6.42 Å². The molecule has 0 rings (SSSR count). The lowest BCUT2D eigenvalue weighted by atomic mass is 10.1. The number of rotatable bonds is 9. The number of hydrogen-bond donors (Lipinski definition) is 0. The van der Waals surface area contributed by atoms with Gasteiger partial charge in [-0.1, -0.05) is 61.4 Å². The van der Waals surface area contributed by atoms with Crippen molar-refractivity contribution in [3.8, 4) is 0 Å². The number of unbranched alkanes of at least 4 members (excludes halogenated alkanes) is 5. The van der Waals surface area contributed by atoms with Gasteiger partial charge < -0.3 is 4.74 Å². The van der Waals surface area contributed by atoms with Gasteiger partial charge in [0.05, 0.1) is 0 Å². The second-order valence-corrected chi connectivity index (χ2v) is 5.25. The van der Waals surface area contributed by atoms with Crippen LogP contribution in [0.4, 0.5) is 0 Å². The van der Waals surface area contributed by atoms with Crippen LogP contribution in [-0.4, -0.2) is 17.4 Å². The normalized spacial score (nSPS) is 12.5. The molecule has 0 aliphatic rings. The Hall–Kier alpha value is -0.0500. The number of halogens is 1. The van der Waals surface area contributed by atoms with Crippen molar-refractivity contribution in [2.24, 2.45) is 0 Å². The minimum atomic E-state index is -0.192. The summed E-state index contributed by atoms with van der Waals surface area (Å²) >= 11 is 3.51. The highest BCUT2D eigenvalue weighted by molar-refractivity contribution is 9.09. The van der Waals surface area contributed by atoms with Gasteiger partial charge in [0, 0.05) is 11.8 Å². The summed E-state index contributed by atoms with van der Waals surface area (Å²) < 4.78 is 4.91. The number of hydrogen-bond acceptors (Lipinski definition) is 2. The first-order valence-corrected chi connectivity index (χ1v) is 6.85. The van der Waals surface area contributed by atoms with Crippen molar-refractivity contribution in [2.75, 3.05) is 6.61 Å². The highest BCUT2D eigenvalue weighted by Gasteiger charge is 2.05. The lowest BCUT2D eigenvalue weighted by Gasteiger charge is -2.09. The largest absolute Gasteiger partial charge is 0.465 e. The fourth-order valence-electron chi connectivity index (χ4n) is 1.44. The van der Waals surface area contributed by atoms with Crippen molar-refractivity contribution in [2.45, 2.75) is 63.6 Å². The molecule has 15 heavy (non-hydrogen) atoms. The number of carbonyl (C=O) groups excluding carboxylic acids is 1. The van der Waals surface area contributed by atoms with Crippen LogP contribution < -0.4 is 0 Å². The monoisotopic (exact) mass is 278 g/mol. The maximum absolute atomic E-state index is 10.6. The van der Waals surface area contributed by atoms with Crippen LogP contribution in [0.3, 0.4) is 0 Å². The van der Waals surface area contributed by atoms with Crippen molar-refractivity contribution in [1.82, 2.24) is 0 Å². The Kier molecular flexibility index (Phi) is 10.4. The number of ether oxygens (including phenoxy) is 1. The van der Waals surface area contributed by atoms with E-state index >= 15 is 0 Å². The van der Waals surface area contributed by atoms with E-state index in [1.807, 2.05) is 0 Å². The summed E-state index contributed by atoms with van der Waals surface area (Å²) in [4.78, 5) is 10.9. The summed E-state index contributed by atoms with van der Waals surface area (Å²) in [7, 11) is 0. The van der Waals surface area contributed by atoms with Crippen molar-refractivity contribution in [3.05, 3.63) is 0 Å². The Morgan fingerprint density at radius 1 is 1.20 bits per heavy atom. The fraction of sp³-hybridized carbons (Fsp3) is 0.917. The number of esters is 1. The Balaban J connectivity index is 3.16. The first-order valence-electron chi connectivity index (χ1n) is 5.94. The van der Waals surface area contributed by atoms with Crippen LogP contribution in [0.1, 0.15) is 58.8 Å². The van der Waals surface area contributed by atoms with E-state index in [0.717, 1.165) is 6.42 Å². The van der Waals surface area contributed by atoms with E-state index in [0.29, 0.717) is 11.4 Å². The Labute approximate surface area is 102 Å². The second-order valence-electron chi connectivity index (χ2n) is 3.96. The first kappa shape index (κ1) is 14.9. The van der Waals surface area contributed by atoms with Gasteiger partial charge in [0.25, 0.3) is 0 Å². The van der Waals surface area contributed by atoms with Crippen molar-refractivity contribution in [1.29, 1.82) is 0 Å². The summed E-state index contributed by atoms with van der Waals surface area (Å²) in [6.07, 6.45) is 8.95. The van der Waals surface area contributed by atoms with Crippen molar-refractivity contribution in [3.63, 3.8) is 0 Å². The van der Waals surface area contributed by atoms with E-state index in [4.69, 9.17) is 4.74 Å². The highest BCUT2D eigenvalue weighted by atomic mass is 79.9.